The first-order valence-electron chi connectivity index (χ1n) is 6.64. The van der Waals surface area contributed by atoms with E-state index in [-0.39, 0.29) is 5.91 Å². The fraction of sp³-hybridized carbons (Fsp3) is 0.125. The van der Waals surface area contributed by atoms with Gasteiger partial charge in [0.15, 0.2) is 0 Å². The van der Waals surface area contributed by atoms with Crippen molar-refractivity contribution >= 4 is 34.4 Å². The topological polar surface area (TPSA) is 46.9 Å². The van der Waals surface area contributed by atoms with Gasteiger partial charge in [0.05, 0.1) is 17.6 Å². The number of nitrogens with one attached hydrogen (secondary N) is 1. The Hall–Kier alpha value is -2.40. The molecule has 0 radical (unpaired) electrons. The van der Waals surface area contributed by atoms with E-state index in [0.29, 0.717) is 6.54 Å². The Bertz CT molecular complexity index is 787. The molecule has 0 fully saturated rings. The van der Waals surface area contributed by atoms with Crippen LogP contribution in [0.5, 0.6) is 0 Å². The second-order valence-electron chi connectivity index (χ2n) is 4.64. The SMILES string of the molecule is Cn1c(CNC(=O)/C=C/c2cccs2)nc2ccccc21. The Morgan fingerprint density at radius 2 is 2.19 bits per heavy atom. The van der Waals surface area contributed by atoms with Crippen molar-refractivity contribution in [2.75, 3.05) is 0 Å². The van der Waals surface area contributed by atoms with Gasteiger partial charge in [0.2, 0.25) is 5.91 Å². The predicted molar refractivity (Wildman–Crippen MR) is 85.9 cm³/mol. The number of carbonyl (C=O) groups excluding carboxylic acids is 1. The fourth-order valence-corrected chi connectivity index (χ4v) is 2.74. The van der Waals surface area contributed by atoms with Gasteiger partial charge >= 0.3 is 0 Å². The van der Waals surface area contributed by atoms with E-state index >= 15 is 0 Å². The third-order valence-corrected chi connectivity index (χ3v) is 4.08. The molecule has 2 heterocycles. The summed E-state index contributed by atoms with van der Waals surface area (Å²) in [4.78, 5) is 17.4. The van der Waals surface area contributed by atoms with Gasteiger partial charge in [-0.05, 0) is 29.7 Å². The summed E-state index contributed by atoms with van der Waals surface area (Å²) in [5, 5.41) is 4.84. The summed E-state index contributed by atoms with van der Waals surface area (Å²) in [6.45, 7) is 0.415. The van der Waals surface area contributed by atoms with Crippen molar-refractivity contribution in [2.24, 2.45) is 7.05 Å². The van der Waals surface area contributed by atoms with E-state index in [0.717, 1.165) is 21.7 Å². The van der Waals surface area contributed by atoms with E-state index in [4.69, 9.17) is 0 Å². The number of para-hydroxylation sites is 2. The average molecular weight is 297 g/mol. The lowest BCUT2D eigenvalue weighted by Gasteiger charge is -2.03. The second-order valence-corrected chi connectivity index (χ2v) is 5.62. The summed E-state index contributed by atoms with van der Waals surface area (Å²) in [5.74, 6) is 0.726. The van der Waals surface area contributed by atoms with Crippen LogP contribution in [0, 0.1) is 0 Å². The number of rotatable bonds is 4. The van der Waals surface area contributed by atoms with Crippen LogP contribution in [0.25, 0.3) is 17.1 Å². The molecule has 0 aliphatic carbocycles. The third-order valence-electron chi connectivity index (χ3n) is 3.24. The van der Waals surface area contributed by atoms with Crippen LogP contribution in [-0.2, 0) is 18.4 Å². The summed E-state index contributed by atoms with van der Waals surface area (Å²) in [6.07, 6.45) is 3.36. The monoisotopic (exact) mass is 297 g/mol. The Morgan fingerprint density at radius 3 is 2.95 bits per heavy atom. The number of fused-ring (bicyclic) bond motifs is 1. The van der Waals surface area contributed by atoms with Crippen molar-refractivity contribution in [3.8, 4) is 0 Å². The lowest BCUT2D eigenvalue weighted by atomic mass is 10.3. The molecule has 0 spiro atoms. The first-order valence-corrected chi connectivity index (χ1v) is 7.52. The van der Waals surface area contributed by atoms with Crippen molar-refractivity contribution in [1.29, 1.82) is 0 Å². The zero-order valence-electron chi connectivity index (χ0n) is 11.6. The minimum absolute atomic E-state index is 0.115. The number of carbonyl (C=O) groups is 1. The highest BCUT2D eigenvalue weighted by molar-refractivity contribution is 7.10. The average Bonchev–Trinajstić information content (AvgIpc) is 3.12. The molecule has 0 aliphatic rings. The van der Waals surface area contributed by atoms with Crippen LogP contribution in [-0.4, -0.2) is 15.5 Å². The number of nitrogens with zero attached hydrogens (tertiary/aromatic N) is 2. The third kappa shape index (κ3) is 3.03. The molecule has 4 nitrogen and oxygen atoms in total. The number of aromatic nitrogens is 2. The van der Waals surface area contributed by atoms with Crippen molar-refractivity contribution < 1.29 is 4.79 Å². The lowest BCUT2D eigenvalue weighted by Crippen LogP contribution is -2.22. The number of thiophene rings is 1. The minimum atomic E-state index is -0.115. The Labute approximate surface area is 126 Å². The summed E-state index contributed by atoms with van der Waals surface area (Å²) in [6, 6.07) is 11.9. The van der Waals surface area contributed by atoms with Crippen LogP contribution in [0.15, 0.2) is 47.9 Å². The van der Waals surface area contributed by atoms with Crippen molar-refractivity contribution in [1.82, 2.24) is 14.9 Å². The van der Waals surface area contributed by atoms with Crippen LogP contribution >= 0.6 is 11.3 Å². The van der Waals surface area contributed by atoms with Gasteiger partial charge in [-0.1, -0.05) is 18.2 Å². The molecule has 1 amide bonds. The minimum Gasteiger partial charge on any atom is -0.345 e. The molecular formula is C16H15N3OS. The van der Waals surface area contributed by atoms with Crippen LogP contribution in [0.1, 0.15) is 10.7 Å². The van der Waals surface area contributed by atoms with E-state index < -0.39 is 0 Å². The van der Waals surface area contributed by atoms with Crippen LogP contribution in [0.4, 0.5) is 0 Å². The van der Waals surface area contributed by atoms with Gasteiger partial charge in [0.1, 0.15) is 5.82 Å². The summed E-state index contributed by atoms with van der Waals surface area (Å²) < 4.78 is 2.00. The van der Waals surface area contributed by atoms with Crippen molar-refractivity contribution in [3.63, 3.8) is 0 Å². The van der Waals surface area contributed by atoms with E-state index in [1.54, 1.807) is 17.4 Å². The van der Waals surface area contributed by atoms with Crippen LogP contribution in [0.2, 0.25) is 0 Å². The Morgan fingerprint density at radius 1 is 1.33 bits per heavy atom. The number of aryl methyl sites for hydroxylation is 1. The molecule has 0 unspecified atom stereocenters. The maximum absolute atomic E-state index is 11.8. The first-order chi connectivity index (χ1) is 10.2. The first kappa shape index (κ1) is 13.6. The maximum atomic E-state index is 11.8. The quantitative estimate of drug-likeness (QED) is 0.753. The van der Waals surface area contributed by atoms with Crippen LogP contribution < -0.4 is 5.32 Å². The molecule has 5 heteroatoms. The van der Waals surface area contributed by atoms with Crippen LogP contribution in [0.3, 0.4) is 0 Å². The molecule has 21 heavy (non-hydrogen) atoms. The number of benzene rings is 1. The van der Waals surface area contributed by atoms with E-state index in [1.165, 1.54) is 0 Å². The number of hydrogen-bond acceptors (Lipinski definition) is 3. The molecule has 0 saturated heterocycles. The molecule has 2 aromatic heterocycles. The normalized spacial score (nSPS) is 11.3. The Kier molecular flexibility index (Phi) is 3.83. The van der Waals surface area contributed by atoms with E-state index in [1.807, 2.05) is 59.5 Å². The number of amides is 1. The second kappa shape index (κ2) is 5.93. The van der Waals surface area contributed by atoms with Gasteiger partial charge < -0.3 is 9.88 Å². The molecular weight excluding hydrogens is 282 g/mol. The largest absolute Gasteiger partial charge is 0.345 e. The highest BCUT2D eigenvalue weighted by atomic mass is 32.1. The maximum Gasteiger partial charge on any atom is 0.244 e. The van der Waals surface area contributed by atoms with Gasteiger partial charge in [-0.25, -0.2) is 4.98 Å². The fourth-order valence-electron chi connectivity index (χ4n) is 2.12. The molecule has 1 aromatic carbocycles. The molecule has 106 valence electrons. The van der Waals surface area contributed by atoms with Gasteiger partial charge in [-0.3, -0.25) is 4.79 Å². The molecule has 0 aliphatic heterocycles. The molecule has 0 saturated carbocycles. The molecule has 0 atom stereocenters. The van der Waals surface area contributed by atoms with E-state index in [9.17, 15) is 4.79 Å². The molecule has 0 bridgehead atoms. The zero-order valence-corrected chi connectivity index (χ0v) is 12.4. The van der Waals surface area contributed by atoms with Crippen molar-refractivity contribution in [3.05, 3.63) is 58.6 Å². The highest BCUT2D eigenvalue weighted by Gasteiger charge is 2.07. The zero-order chi connectivity index (χ0) is 14.7. The molecule has 1 N–H and O–H groups in total. The van der Waals surface area contributed by atoms with Gasteiger partial charge in [0.25, 0.3) is 0 Å². The Balaban J connectivity index is 1.66. The number of imidazole rings is 1. The molecule has 3 aromatic rings. The van der Waals surface area contributed by atoms with Gasteiger partial charge in [0, 0.05) is 18.0 Å². The van der Waals surface area contributed by atoms with Gasteiger partial charge in [-0.2, -0.15) is 0 Å². The lowest BCUT2D eigenvalue weighted by molar-refractivity contribution is -0.116. The summed E-state index contributed by atoms with van der Waals surface area (Å²) in [5.41, 5.74) is 2.01. The van der Waals surface area contributed by atoms with Crippen molar-refractivity contribution in [2.45, 2.75) is 6.54 Å². The smallest absolute Gasteiger partial charge is 0.244 e. The predicted octanol–water partition coefficient (Wildman–Crippen LogP) is 2.96. The van der Waals surface area contributed by atoms with Gasteiger partial charge in [-0.15, -0.1) is 11.3 Å². The highest BCUT2D eigenvalue weighted by Crippen LogP contribution is 2.14. The molecule has 3 rings (SSSR count). The summed E-state index contributed by atoms with van der Waals surface area (Å²) >= 11 is 1.60. The number of hydrogen-bond donors (Lipinski definition) is 1. The standard InChI is InChI=1S/C16H15N3OS/c1-19-14-7-3-2-6-13(14)18-15(19)11-17-16(20)9-8-12-5-4-10-21-12/h2-10H,11H2,1H3,(H,17,20)/b9-8+. The van der Waals surface area contributed by atoms with E-state index in [2.05, 4.69) is 10.3 Å². The summed E-state index contributed by atoms with van der Waals surface area (Å²) in [7, 11) is 1.96.